The van der Waals surface area contributed by atoms with Crippen LogP contribution in [0.15, 0.2) is 12.3 Å². The Kier molecular flexibility index (Phi) is 6.17. The van der Waals surface area contributed by atoms with Gasteiger partial charge in [-0.3, -0.25) is 14.9 Å². The zero-order chi connectivity index (χ0) is 12.7. The maximum atomic E-state index is 10.9. The molecule has 92 valence electrons. The maximum absolute atomic E-state index is 10.9. The summed E-state index contributed by atoms with van der Waals surface area (Å²) >= 11 is 0. The van der Waals surface area contributed by atoms with Gasteiger partial charge in [-0.2, -0.15) is 0 Å². The summed E-state index contributed by atoms with van der Waals surface area (Å²) in [6, 6.07) is -1.01. The van der Waals surface area contributed by atoms with Crippen LogP contribution in [0.4, 0.5) is 0 Å². The van der Waals surface area contributed by atoms with E-state index in [-0.39, 0.29) is 6.73 Å². The van der Waals surface area contributed by atoms with Gasteiger partial charge < -0.3 is 14.6 Å². The van der Waals surface area contributed by atoms with E-state index in [1.807, 2.05) is 0 Å². The first-order valence-corrected chi connectivity index (χ1v) is 4.76. The average molecular weight is 231 g/mol. The lowest BCUT2D eigenvalue weighted by Gasteiger charge is -2.21. The Labute approximate surface area is 94.2 Å². The van der Waals surface area contributed by atoms with E-state index in [2.05, 4.69) is 11.9 Å². The lowest BCUT2D eigenvalue weighted by Crippen LogP contribution is -2.47. The van der Waals surface area contributed by atoms with Gasteiger partial charge in [-0.1, -0.05) is 6.58 Å². The number of aliphatic carboxylic acids is 1. The van der Waals surface area contributed by atoms with Gasteiger partial charge >= 0.3 is 11.9 Å². The van der Waals surface area contributed by atoms with Crippen molar-refractivity contribution in [3.63, 3.8) is 0 Å². The number of esters is 1. The van der Waals surface area contributed by atoms with Crippen molar-refractivity contribution in [2.24, 2.45) is 0 Å². The van der Waals surface area contributed by atoms with Gasteiger partial charge in [0.2, 0.25) is 0 Å². The van der Waals surface area contributed by atoms with Crippen LogP contribution in [0.3, 0.4) is 0 Å². The molecule has 0 aromatic rings. The molecule has 0 aliphatic rings. The van der Waals surface area contributed by atoms with Crippen LogP contribution in [-0.4, -0.2) is 35.9 Å². The van der Waals surface area contributed by atoms with Gasteiger partial charge in [0.25, 0.3) is 0 Å². The Balaban J connectivity index is 4.21. The fraction of sp³-hybridized carbons (Fsp3) is 0.600. The molecular formula is C10H17NO5. The van der Waals surface area contributed by atoms with Crippen molar-refractivity contribution in [3.05, 3.63) is 12.3 Å². The molecule has 0 rings (SSSR count). The van der Waals surface area contributed by atoms with E-state index >= 15 is 0 Å². The Morgan fingerprint density at radius 2 is 2.00 bits per heavy atom. The van der Waals surface area contributed by atoms with Crippen LogP contribution >= 0.6 is 0 Å². The normalized spacial score (nSPS) is 13.7. The minimum atomic E-state index is -1.11. The van der Waals surface area contributed by atoms with Gasteiger partial charge in [-0.25, -0.2) is 0 Å². The number of rotatable bonds is 7. The zero-order valence-corrected chi connectivity index (χ0v) is 9.65. The first-order valence-electron chi connectivity index (χ1n) is 4.76. The molecule has 0 radical (unpaired) electrons. The van der Waals surface area contributed by atoms with Gasteiger partial charge in [0, 0.05) is 6.92 Å². The highest BCUT2D eigenvalue weighted by Gasteiger charge is 2.26. The molecule has 6 nitrogen and oxygen atoms in total. The number of ether oxygens (including phenoxy) is 2. The van der Waals surface area contributed by atoms with Crippen LogP contribution in [0, 0.1) is 0 Å². The Bertz CT molecular complexity index is 276. The average Bonchev–Trinajstić information content (AvgIpc) is 2.09. The fourth-order valence-electron chi connectivity index (χ4n) is 1.04. The Hall–Kier alpha value is -1.56. The largest absolute Gasteiger partial charge is 0.484 e. The number of carboxylic acids is 1. The molecule has 0 aliphatic heterocycles. The van der Waals surface area contributed by atoms with E-state index in [1.165, 1.54) is 13.8 Å². The van der Waals surface area contributed by atoms with Crippen LogP contribution in [0.1, 0.15) is 20.8 Å². The lowest BCUT2D eigenvalue weighted by molar-refractivity contribution is -0.153. The summed E-state index contributed by atoms with van der Waals surface area (Å²) in [4.78, 5) is 21.5. The van der Waals surface area contributed by atoms with Crippen molar-refractivity contribution in [2.75, 3.05) is 6.73 Å². The number of carbonyl (C=O) groups excluding carboxylic acids is 1. The van der Waals surface area contributed by atoms with Crippen LogP contribution in [0.2, 0.25) is 0 Å². The molecule has 0 heterocycles. The summed E-state index contributed by atoms with van der Waals surface area (Å²) in [6.07, 6.45) is -0.774. The third kappa shape index (κ3) is 6.02. The zero-order valence-electron chi connectivity index (χ0n) is 9.65. The smallest absolute Gasteiger partial charge is 0.324 e. The highest BCUT2D eigenvalue weighted by atomic mass is 16.5. The Morgan fingerprint density at radius 1 is 1.44 bits per heavy atom. The molecule has 6 heteroatoms. The number of nitrogens with one attached hydrogen (secondary N) is 1. The van der Waals surface area contributed by atoms with Gasteiger partial charge in [-0.15, -0.1) is 0 Å². The molecule has 2 atom stereocenters. The van der Waals surface area contributed by atoms with Gasteiger partial charge in [0.1, 0.15) is 18.9 Å². The molecule has 0 saturated heterocycles. The second-order valence-corrected chi connectivity index (χ2v) is 3.33. The second-order valence-electron chi connectivity index (χ2n) is 3.33. The first-order chi connectivity index (χ1) is 7.34. The molecule has 0 amide bonds. The summed E-state index contributed by atoms with van der Waals surface area (Å²) in [5.74, 6) is -1.17. The molecule has 0 aromatic heterocycles. The van der Waals surface area contributed by atoms with E-state index in [9.17, 15) is 9.59 Å². The van der Waals surface area contributed by atoms with Crippen LogP contribution < -0.4 is 5.32 Å². The summed E-state index contributed by atoms with van der Waals surface area (Å²) in [7, 11) is 0. The summed E-state index contributed by atoms with van der Waals surface area (Å²) in [6.45, 7) is 7.85. The molecule has 0 aromatic carbocycles. The van der Waals surface area contributed by atoms with Gasteiger partial charge in [0.15, 0.2) is 0 Å². The third-order valence-corrected chi connectivity index (χ3v) is 1.71. The predicted molar refractivity (Wildman–Crippen MR) is 56.6 cm³/mol. The van der Waals surface area contributed by atoms with Gasteiger partial charge in [-0.05, 0) is 13.8 Å². The van der Waals surface area contributed by atoms with Gasteiger partial charge in [0.05, 0.1) is 5.76 Å². The van der Waals surface area contributed by atoms with Crippen molar-refractivity contribution in [3.8, 4) is 0 Å². The quantitative estimate of drug-likeness (QED) is 0.377. The number of carbonyl (C=O) groups is 2. The topological polar surface area (TPSA) is 84.9 Å². The predicted octanol–water partition coefficient (Wildman–Crippen LogP) is 0.488. The fourth-order valence-corrected chi connectivity index (χ4v) is 1.04. The molecule has 0 spiro atoms. The molecule has 16 heavy (non-hydrogen) atoms. The lowest BCUT2D eigenvalue weighted by atomic mass is 10.2. The molecule has 0 aliphatic carbocycles. The van der Waals surface area contributed by atoms with Crippen molar-refractivity contribution in [1.29, 1.82) is 0 Å². The van der Waals surface area contributed by atoms with Crippen molar-refractivity contribution < 1.29 is 24.2 Å². The molecule has 0 fully saturated rings. The monoisotopic (exact) mass is 231 g/mol. The van der Waals surface area contributed by atoms with Crippen molar-refractivity contribution >= 4 is 11.9 Å². The molecule has 0 saturated carbocycles. The summed E-state index contributed by atoms with van der Waals surface area (Å²) in [5.41, 5.74) is 0. The minimum absolute atomic E-state index is 0.00208. The third-order valence-electron chi connectivity index (χ3n) is 1.71. The number of carboxylic acid groups (broad SMARTS) is 1. The number of hydrogen-bond acceptors (Lipinski definition) is 5. The maximum Gasteiger partial charge on any atom is 0.324 e. The van der Waals surface area contributed by atoms with E-state index < -0.39 is 24.1 Å². The second kappa shape index (κ2) is 6.84. The highest BCUT2D eigenvalue weighted by molar-refractivity contribution is 5.75. The molecule has 2 N–H and O–H groups in total. The highest BCUT2D eigenvalue weighted by Crippen LogP contribution is 2.00. The van der Waals surface area contributed by atoms with Crippen molar-refractivity contribution in [2.45, 2.75) is 32.9 Å². The van der Waals surface area contributed by atoms with E-state index in [0.717, 1.165) is 0 Å². The van der Waals surface area contributed by atoms with Crippen LogP contribution in [0.5, 0.6) is 0 Å². The molecular weight excluding hydrogens is 214 g/mol. The summed E-state index contributed by atoms with van der Waals surface area (Å²) in [5, 5.41) is 11.5. The minimum Gasteiger partial charge on any atom is -0.484 e. The van der Waals surface area contributed by atoms with Crippen molar-refractivity contribution in [1.82, 2.24) is 5.32 Å². The SMILES string of the molecule is C=C(C)OCNC(C(=O)O)C(C)OC(C)=O. The number of allylic oxidation sites excluding steroid dienone is 1. The van der Waals surface area contributed by atoms with E-state index in [1.54, 1.807) is 6.92 Å². The number of hydrogen-bond donors (Lipinski definition) is 2. The van der Waals surface area contributed by atoms with Crippen LogP contribution in [-0.2, 0) is 19.1 Å². The standard InChI is InChI=1S/C10H17NO5/c1-6(2)15-5-11-9(10(13)14)7(3)16-8(4)12/h7,9,11H,1,5H2,2-4H3,(H,13,14). The molecule has 0 bridgehead atoms. The first kappa shape index (κ1) is 14.4. The van der Waals surface area contributed by atoms with E-state index in [4.69, 9.17) is 14.6 Å². The van der Waals surface area contributed by atoms with E-state index in [0.29, 0.717) is 5.76 Å². The summed E-state index contributed by atoms with van der Waals surface area (Å²) < 4.78 is 9.74. The molecule has 2 unspecified atom stereocenters. The Morgan fingerprint density at radius 3 is 2.38 bits per heavy atom. The van der Waals surface area contributed by atoms with Crippen LogP contribution in [0.25, 0.3) is 0 Å².